The van der Waals surface area contributed by atoms with Gasteiger partial charge in [-0.2, -0.15) is 0 Å². The molecular weight excluding hydrogens is 246 g/mol. The predicted octanol–water partition coefficient (Wildman–Crippen LogP) is 2.78. The lowest BCUT2D eigenvalue weighted by Crippen LogP contribution is -2.41. The molecule has 1 aromatic rings. The second-order valence-corrected chi connectivity index (χ2v) is 5.94. The monoisotopic (exact) mass is 273 g/mol. The molecule has 0 spiro atoms. The fourth-order valence-corrected chi connectivity index (χ4v) is 2.61. The second kappa shape index (κ2) is 7.47. The predicted molar refractivity (Wildman–Crippen MR) is 85.3 cm³/mol. The average molecular weight is 273 g/mol. The van der Waals surface area contributed by atoms with E-state index in [9.17, 15) is 5.11 Å². The van der Waals surface area contributed by atoms with Gasteiger partial charge in [-0.05, 0) is 42.9 Å². The molecular formula is C18H27NO. The Balaban J connectivity index is 2.80. The smallest absolute Gasteiger partial charge is 0.130 e. The molecule has 0 fully saturated rings. The zero-order valence-corrected chi connectivity index (χ0v) is 12.9. The molecule has 0 radical (unpaired) electrons. The van der Waals surface area contributed by atoms with Crippen LogP contribution in [0.25, 0.3) is 0 Å². The maximum absolute atomic E-state index is 10.6. The van der Waals surface area contributed by atoms with Crippen LogP contribution < -0.4 is 5.73 Å². The molecule has 0 bridgehead atoms. The van der Waals surface area contributed by atoms with E-state index in [4.69, 9.17) is 12.2 Å². The zero-order valence-electron chi connectivity index (χ0n) is 12.9. The first-order valence-electron chi connectivity index (χ1n) is 7.42. The lowest BCUT2D eigenvalue weighted by molar-refractivity contribution is 0.00260. The van der Waals surface area contributed by atoms with Gasteiger partial charge in [-0.3, -0.25) is 0 Å². The van der Waals surface area contributed by atoms with Gasteiger partial charge in [0.15, 0.2) is 0 Å². The fraction of sp³-hybridized carbons (Fsp3) is 0.556. The van der Waals surface area contributed by atoms with E-state index < -0.39 is 5.60 Å². The largest absolute Gasteiger partial charge is 0.377 e. The minimum atomic E-state index is -1.05. The number of benzene rings is 1. The number of terminal acetylenes is 1. The number of aryl methyl sites for hydroxylation is 1. The number of rotatable bonds is 7. The molecule has 1 rings (SSSR count). The van der Waals surface area contributed by atoms with E-state index in [0.29, 0.717) is 6.54 Å². The first kappa shape index (κ1) is 16.8. The summed E-state index contributed by atoms with van der Waals surface area (Å²) in [5.41, 5.74) is 7.02. The van der Waals surface area contributed by atoms with Gasteiger partial charge in [-0.15, -0.1) is 6.42 Å². The van der Waals surface area contributed by atoms with Crippen molar-refractivity contribution in [3.8, 4) is 12.3 Å². The second-order valence-electron chi connectivity index (χ2n) is 5.94. The lowest BCUT2D eigenvalue weighted by Gasteiger charge is -2.33. The number of nitrogens with two attached hydrogens (primary N) is 1. The van der Waals surface area contributed by atoms with Gasteiger partial charge >= 0.3 is 0 Å². The highest BCUT2D eigenvalue weighted by molar-refractivity contribution is 5.25. The van der Waals surface area contributed by atoms with Crippen LogP contribution in [0.2, 0.25) is 0 Å². The van der Waals surface area contributed by atoms with Crippen molar-refractivity contribution in [1.29, 1.82) is 0 Å². The molecule has 3 N–H and O–H groups in total. The molecule has 2 nitrogen and oxygen atoms in total. The Bertz CT molecular complexity index is 461. The highest BCUT2D eigenvalue weighted by Gasteiger charge is 2.34. The summed E-state index contributed by atoms with van der Waals surface area (Å²) in [6, 6.07) is 8.49. The van der Waals surface area contributed by atoms with Crippen molar-refractivity contribution in [3.63, 3.8) is 0 Å². The Kier molecular flexibility index (Phi) is 6.26. The topological polar surface area (TPSA) is 46.2 Å². The van der Waals surface area contributed by atoms with Crippen molar-refractivity contribution in [2.75, 3.05) is 6.54 Å². The van der Waals surface area contributed by atoms with Gasteiger partial charge < -0.3 is 10.8 Å². The van der Waals surface area contributed by atoms with Crippen molar-refractivity contribution in [2.45, 2.75) is 45.6 Å². The van der Waals surface area contributed by atoms with Gasteiger partial charge in [0.25, 0.3) is 0 Å². The SMILES string of the molecule is C#CC(O)(C(C)C)C(C)Cc1cccc(CCCN)c1. The van der Waals surface area contributed by atoms with Crippen LogP contribution in [0.3, 0.4) is 0 Å². The molecule has 2 atom stereocenters. The summed E-state index contributed by atoms with van der Waals surface area (Å²) < 4.78 is 0. The summed E-state index contributed by atoms with van der Waals surface area (Å²) in [5.74, 6) is 2.66. The molecule has 0 aromatic heterocycles. The zero-order chi connectivity index (χ0) is 15.2. The van der Waals surface area contributed by atoms with Crippen LogP contribution in [0.1, 0.15) is 38.3 Å². The van der Waals surface area contributed by atoms with Gasteiger partial charge in [0.05, 0.1) is 0 Å². The number of hydrogen-bond acceptors (Lipinski definition) is 2. The first-order chi connectivity index (χ1) is 9.43. The molecule has 0 heterocycles. The first-order valence-corrected chi connectivity index (χ1v) is 7.42. The van der Waals surface area contributed by atoms with E-state index in [0.717, 1.165) is 19.3 Å². The van der Waals surface area contributed by atoms with Crippen LogP contribution in [0.5, 0.6) is 0 Å². The van der Waals surface area contributed by atoms with Gasteiger partial charge in [0.2, 0.25) is 0 Å². The van der Waals surface area contributed by atoms with Gasteiger partial charge in [-0.1, -0.05) is 51.0 Å². The van der Waals surface area contributed by atoms with Crippen molar-refractivity contribution < 1.29 is 5.11 Å². The average Bonchev–Trinajstić information content (AvgIpc) is 2.44. The Morgan fingerprint density at radius 3 is 2.50 bits per heavy atom. The molecule has 2 heteroatoms. The molecule has 0 aliphatic rings. The summed E-state index contributed by atoms with van der Waals surface area (Å²) in [6.07, 6.45) is 8.33. The summed E-state index contributed by atoms with van der Waals surface area (Å²) in [6.45, 7) is 6.67. The van der Waals surface area contributed by atoms with Gasteiger partial charge in [0.1, 0.15) is 5.60 Å². The summed E-state index contributed by atoms with van der Waals surface area (Å²) in [5, 5.41) is 10.6. The van der Waals surface area contributed by atoms with E-state index >= 15 is 0 Å². The van der Waals surface area contributed by atoms with Crippen LogP contribution in [-0.2, 0) is 12.8 Å². The third-order valence-electron chi connectivity index (χ3n) is 4.07. The summed E-state index contributed by atoms with van der Waals surface area (Å²) in [7, 11) is 0. The fourth-order valence-electron chi connectivity index (χ4n) is 2.61. The van der Waals surface area contributed by atoms with E-state index in [1.165, 1.54) is 11.1 Å². The highest BCUT2D eigenvalue weighted by Crippen LogP contribution is 2.28. The summed E-state index contributed by atoms with van der Waals surface area (Å²) in [4.78, 5) is 0. The quantitative estimate of drug-likeness (QED) is 0.750. The molecule has 0 saturated carbocycles. The maximum atomic E-state index is 10.6. The van der Waals surface area contributed by atoms with E-state index in [-0.39, 0.29) is 11.8 Å². The molecule has 20 heavy (non-hydrogen) atoms. The standard InChI is InChI=1S/C18H27NO/c1-5-18(20,14(2)3)15(4)12-17-9-6-8-16(13-17)10-7-11-19/h1,6,8-9,13-15,20H,7,10-12,19H2,2-4H3. The third-order valence-corrected chi connectivity index (χ3v) is 4.07. The van der Waals surface area contributed by atoms with Gasteiger partial charge in [-0.25, -0.2) is 0 Å². The van der Waals surface area contributed by atoms with Crippen LogP contribution in [0.4, 0.5) is 0 Å². The molecule has 0 amide bonds. The Labute approximate surface area is 123 Å². The van der Waals surface area contributed by atoms with E-state index in [1.807, 2.05) is 20.8 Å². The Morgan fingerprint density at radius 1 is 1.30 bits per heavy atom. The molecule has 110 valence electrons. The molecule has 2 unspecified atom stereocenters. The minimum absolute atomic E-state index is 0.0252. The lowest BCUT2D eigenvalue weighted by atomic mass is 9.77. The van der Waals surface area contributed by atoms with E-state index in [1.54, 1.807) is 0 Å². The van der Waals surface area contributed by atoms with Crippen molar-refractivity contribution in [1.82, 2.24) is 0 Å². The summed E-state index contributed by atoms with van der Waals surface area (Å²) >= 11 is 0. The normalized spacial score (nSPS) is 15.7. The van der Waals surface area contributed by atoms with Crippen LogP contribution in [0, 0.1) is 24.2 Å². The van der Waals surface area contributed by atoms with Crippen molar-refractivity contribution >= 4 is 0 Å². The molecule has 0 saturated heterocycles. The third kappa shape index (κ3) is 4.10. The van der Waals surface area contributed by atoms with Gasteiger partial charge in [0, 0.05) is 5.92 Å². The Morgan fingerprint density at radius 2 is 1.95 bits per heavy atom. The van der Waals surface area contributed by atoms with Crippen molar-refractivity contribution in [2.24, 2.45) is 17.6 Å². The molecule has 1 aromatic carbocycles. The highest BCUT2D eigenvalue weighted by atomic mass is 16.3. The minimum Gasteiger partial charge on any atom is -0.377 e. The number of aliphatic hydroxyl groups is 1. The Hall–Kier alpha value is -1.30. The van der Waals surface area contributed by atoms with Crippen LogP contribution in [0.15, 0.2) is 24.3 Å². The maximum Gasteiger partial charge on any atom is 0.130 e. The molecule has 0 aliphatic heterocycles. The van der Waals surface area contributed by atoms with Crippen molar-refractivity contribution in [3.05, 3.63) is 35.4 Å². The van der Waals surface area contributed by atoms with E-state index in [2.05, 4.69) is 30.2 Å². The molecule has 0 aliphatic carbocycles. The van der Waals surface area contributed by atoms with Crippen LogP contribution in [-0.4, -0.2) is 17.3 Å². The van der Waals surface area contributed by atoms with Crippen LogP contribution >= 0.6 is 0 Å². The number of hydrogen-bond donors (Lipinski definition) is 2.